The van der Waals surface area contributed by atoms with E-state index in [0.29, 0.717) is 42.6 Å². The monoisotopic (exact) mass is 699 g/mol. The van der Waals surface area contributed by atoms with Crippen molar-refractivity contribution in [1.82, 2.24) is 5.32 Å². The maximum absolute atomic E-state index is 13.3. The highest BCUT2D eigenvalue weighted by Crippen LogP contribution is 2.43. The topological polar surface area (TPSA) is 111 Å². The smallest absolute Gasteiger partial charge is 0.408 e. The maximum atomic E-state index is 13.3. The molecule has 1 N–H and O–H groups in total. The lowest BCUT2D eigenvalue weighted by Crippen LogP contribution is -2.69. The van der Waals surface area contributed by atoms with Crippen LogP contribution >= 0.6 is 20.3 Å². The number of amides is 1. The Morgan fingerprint density at radius 3 is 1.91 bits per heavy atom. The minimum absolute atomic E-state index is 0.204. The molecule has 0 aliphatic carbocycles. The molecule has 47 heavy (non-hydrogen) atoms. The molecule has 1 unspecified atom stereocenters. The van der Waals surface area contributed by atoms with Gasteiger partial charge in [0, 0.05) is 6.42 Å². The standard InChI is InChI=1S/C35H55ClNO9P/c1-13-41-26-16-14-24(15-17-26)19-21-42-29-27(36)22-25(23-28(29)40-12)18-20-34(11,37-30(38)43-31(2,3)4)35(46-47-39,44-32(5,6)7)45-33(8,9)10/h14-17,22-23H,13,18-21,47H2,1-12H3,(H,37,38)/t34-/m1/s1. The van der Waals surface area contributed by atoms with Crippen molar-refractivity contribution in [2.45, 2.75) is 124 Å². The van der Waals surface area contributed by atoms with Gasteiger partial charge < -0.3 is 33.7 Å². The number of ether oxygens (including phenoxy) is 6. The number of methoxy groups -OCH3 is 1. The van der Waals surface area contributed by atoms with Crippen LogP contribution in [0.4, 0.5) is 4.79 Å². The van der Waals surface area contributed by atoms with Gasteiger partial charge in [-0.15, -0.1) is 0 Å². The molecule has 1 amide bonds. The second-order valence-electron chi connectivity index (χ2n) is 14.4. The van der Waals surface area contributed by atoms with Gasteiger partial charge in [-0.2, -0.15) is 0 Å². The number of aryl methyl sites for hydroxylation is 1. The van der Waals surface area contributed by atoms with Crippen LogP contribution in [-0.2, 0) is 36.1 Å². The predicted octanol–water partition coefficient (Wildman–Crippen LogP) is 8.56. The number of alkyl carbamates (subject to hydrolysis) is 1. The molecule has 0 aliphatic rings. The van der Waals surface area contributed by atoms with Crippen molar-refractivity contribution in [2.24, 2.45) is 0 Å². The fraction of sp³-hybridized carbons (Fsp3) is 0.629. The van der Waals surface area contributed by atoms with E-state index >= 15 is 0 Å². The van der Waals surface area contributed by atoms with Crippen LogP contribution in [0.1, 0.15) is 93.7 Å². The second-order valence-corrected chi connectivity index (χ2v) is 15.3. The molecule has 2 rings (SSSR count). The van der Waals surface area contributed by atoms with Gasteiger partial charge in [-0.05, 0) is 124 Å². The normalized spacial score (nSPS) is 14.1. The molecule has 0 bridgehead atoms. The van der Waals surface area contributed by atoms with Gasteiger partial charge in [0.15, 0.2) is 20.2 Å². The van der Waals surface area contributed by atoms with Gasteiger partial charge in [0.25, 0.3) is 0 Å². The molecule has 0 heterocycles. The van der Waals surface area contributed by atoms with Crippen LogP contribution in [0.25, 0.3) is 0 Å². The summed E-state index contributed by atoms with van der Waals surface area (Å²) in [5.74, 6) is -0.250. The average molecular weight is 700 g/mol. The molecule has 2 aromatic carbocycles. The first-order chi connectivity index (χ1) is 21.6. The number of carbonyl (C=O) groups is 1. The van der Waals surface area contributed by atoms with Crippen molar-refractivity contribution in [2.75, 3.05) is 20.3 Å². The molecule has 0 radical (unpaired) electrons. The molecule has 0 saturated heterocycles. The van der Waals surface area contributed by atoms with Gasteiger partial charge in [-0.25, -0.2) is 4.79 Å². The lowest BCUT2D eigenvalue weighted by Gasteiger charge is -2.50. The van der Waals surface area contributed by atoms with Crippen molar-refractivity contribution in [3.05, 3.63) is 52.5 Å². The van der Waals surface area contributed by atoms with Crippen LogP contribution in [-0.4, -0.2) is 54.7 Å². The molecule has 12 heteroatoms. The summed E-state index contributed by atoms with van der Waals surface area (Å²) in [5.41, 5.74) is -1.96. The lowest BCUT2D eigenvalue weighted by molar-refractivity contribution is -0.423. The van der Waals surface area contributed by atoms with Gasteiger partial charge >= 0.3 is 12.1 Å². The summed E-state index contributed by atoms with van der Waals surface area (Å²) < 4.78 is 53.9. The quantitative estimate of drug-likeness (QED) is 0.136. The summed E-state index contributed by atoms with van der Waals surface area (Å²) in [6.07, 6.45) is 0.508. The van der Waals surface area contributed by atoms with E-state index in [4.69, 9.17) is 44.5 Å². The Kier molecular flexibility index (Phi) is 14.5. The fourth-order valence-electron chi connectivity index (χ4n) is 4.76. The highest BCUT2D eigenvalue weighted by Gasteiger charge is 2.57. The van der Waals surface area contributed by atoms with Crippen LogP contribution in [0.15, 0.2) is 36.4 Å². The zero-order chi connectivity index (χ0) is 35.7. The number of hydrogen-bond donors (Lipinski definition) is 1. The van der Waals surface area contributed by atoms with Crippen LogP contribution in [0, 0.1) is 0 Å². The largest absolute Gasteiger partial charge is 0.494 e. The first-order valence-corrected chi connectivity index (χ1v) is 17.2. The molecular formula is C35H55ClNO9P. The Morgan fingerprint density at radius 2 is 1.43 bits per heavy atom. The van der Waals surface area contributed by atoms with Crippen LogP contribution in [0.3, 0.4) is 0 Å². The molecular weight excluding hydrogens is 645 g/mol. The first-order valence-electron chi connectivity index (χ1n) is 15.9. The van der Waals surface area contributed by atoms with Gasteiger partial charge in [0.05, 0.1) is 36.5 Å². The van der Waals surface area contributed by atoms with Crippen LogP contribution < -0.4 is 19.5 Å². The zero-order valence-corrected chi connectivity index (χ0v) is 32.0. The van der Waals surface area contributed by atoms with E-state index in [1.807, 2.05) is 78.8 Å². The Morgan fingerprint density at radius 1 is 0.830 bits per heavy atom. The minimum atomic E-state index is -1.96. The second kappa shape index (κ2) is 16.8. The number of nitrogens with one attached hydrogen (secondary N) is 1. The molecule has 0 fully saturated rings. The first kappa shape index (κ1) is 40.7. The summed E-state index contributed by atoms with van der Waals surface area (Å²) in [7, 11) is -0.265. The van der Waals surface area contributed by atoms with Crippen molar-refractivity contribution in [3.63, 3.8) is 0 Å². The number of hydrogen-bond acceptors (Lipinski definition) is 9. The molecule has 266 valence electrons. The van der Waals surface area contributed by atoms with Crippen molar-refractivity contribution in [3.8, 4) is 17.2 Å². The summed E-state index contributed by atoms with van der Waals surface area (Å²) in [4.78, 5) is 13.3. The average Bonchev–Trinajstić information content (AvgIpc) is 2.91. The minimum Gasteiger partial charge on any atom is -0.494 e. The number of rotatable bonds is 16. The summed E-state index contributed by atoms with van der Waals surface area (Å²) in [5, 5.41) is 3.31. The Labute approximate surface area is 287 Å². The van der Waals surface area contributed by atoms with E-state index in [1.165, 1.54) is 0 Å². The fourth-order valence-corrected chi connectivity index (χ4v) is 5.53. The third-order valence-corrected chi connectivity index (χ3v) is 7.30. The number of carbonyl (C=O) groups excluding carboxylic acids is 1. The van der Waals surface area contributed by atoms with E-state index < -0.39 is 43.1 Å². The molecule has 0 saturated carbocycles. The lowest BCUT2D eigenvalue weighted by atomic mass is 9.89. The summed E-state index contributed by atoms with van der Waals surface area (Å²) >= 11 is 6.75. The van der Waals surface area contributed by atoms with E-state index in [1.54, 1.807) is 40.9 Å². The molecule has 10 nitrogen and oxygen atoms in total. The van der Waals surface area contributed by atoms with Crippen molar-refractivity contribution < 1.29 is 42.3 Å². The Bertz CT molecular complexity index is 1300. The van der Waals surface area contributed by atoms with E-state index in [0.717, 1.165) is 16.9 Å². The number of benzene rings is 2. The highest BCUT2D eigenvalue weighted by molar-refractivity contribution is 7.17. The molecule has 2 aromatic rings. The third-order valence-electron chi connectivity index (χ3n) is 6.61. The summed E-state index contributed by atoms with van der Waals surface area (Å²) in [6, 6.07) is 11.5. The zero-order valence-electron chi connectivity index (χ0n) is 30.1. The molecule has 0 aliphatic heterocycles. The van der Waals surface area contributed by atoms with E-state index in [9.17, 15) is 9.36 Å². The highest BCUT2D eigenvalue weighted by atomic mass is 35.5. The molecule has 2 atom stereocenters. The maximum Gasteiger partial charge on any atom is 0.408 e. The predicted molar refractivity (Wildman–Crippen MR) is 187 cm³/mol. The van der Waals surface area contributed by atoms with E-state index in [-0.39, 0.29) is 6.42 Å². The summed E-state index contributed by atoms with van der Waals surface area (Å²) in [6.45, 7) is 20.9. The molecule has 0 spiro atoms. The third kappa shape index (κ3) is 13.1. The molecule has 0 aromatic heterocycles. The van der Waals surface area contributed by atoms with E-state index in [2.05, 4.69) is 5.32 Å². The van der Waals surface area contributed by atoms with Crippen molar-refractivity contribution >= 4 is 26.4 Å². The van der Waals surface area contributed by atoms with Crippen molar-refractivity contribution in [1.29, 1.82) is 0 Å². The Balaban J connectivity index is 2.43. The SMILES string of the molecule is CCOc1ccc(CCOc2c(Cl)cc(CC[C@@](C)(NC(=O)OC(C)(C)C)C(O[PH2]=O)(OC(C)(C)C)OC(C)(C)C)cc2OC)cc1. The van der Waals surface area contributed by atoms with Gasteiger partial charge in [-0.1, -0.05) is 23.7 Å². The van der Waals surface area contributed by atoms with Gasteiger partial charge in [0.2, 0.25) is 0 Å². The number of halogens is 1. The van der Waals surface area contributed by atoms with Crippen LogP contribution in [0.5, 0.6) is 17.2 Å². The van der Waals surface area contributed by atoms with Gasteiger partial charge in [-0.3, -0.25) is 9.09 Å². The van der Waals surface area contributed by atoms with Gasteiger partial charge in [0.1, 0.15) is 16.9 Å². The van der Waals surface area contributed by atoms with Crippen LogP contribution in [0.2, 0.25) is 5.02 Å². The Hall–Kier alpha value is -2.49.